The molecule has 0 radical (unpaired) electrons. The van der Waals surface area contributed by atoms with Crippen LogP contribution in [0.4, 0.5) is 15.8 Å². The summed E-state index contributed by atoms with van der Waals surface area (Å²) in [6.07, 6.45) is 1.14. The topological polar surface area (TPSA) is 113 Å². The van der Waals surface area contributed by atoms with Gasteiger partial charge in [-0.15, -0.1) is 0 Å². The van der Waals surface area contributed by atoms with Gasteiger partial charge in [-0.3, -0.25) is 19.3 Å². The van der Waals surface area contributed by atoms with Crippen LogP contribution in [0.25, 0.3) is 0 Å². The van der Waals surface area contributed by atoms with Crippen molar-refractivity contribution in [2.75, 3.05) is 5.73 Å². The summed E-state index contributed by atoms with van der Waals surface area (Å²) < 4.78 is 14.0. The molecule has 0 spiro atoms. The Morgan fingerprint density at radius 2 is 1.85 bits per heavy atom. The number of aromatic nitrogens is 2. The van der Waals surface area contributed by atoms with Crippen LogP contribution in [-0.4, -0.2) is 20.9 Å². The highest BCUT2D eigenvalue weighted by atomic mass is 19.1. The summed E-state index contributed by atoms with van der Waals surface area (Å²) in [5.41, 5.74) is 5.43. The number of aliphatic imine (C=N–C) groups is 1. The third kappa shape index (κ3) is 3.54. The van der Waals surface area contributed by atoms with E-state index in [0.717, 1.165) is 10.8 Å². The molecule has 0 bridgehead atoms. The van der Waals surface area contributed by atoms with Gasteiger partial charge in [-0.1, -0.05) is 24.3 Å². The monoisotopic (exact) mass is 354 g/mol. The summed E-state index contributed by atoms with van der Waals surface area (Å²) in [4.78, 5) is 30.3. The summed E-state index contributed by atoms with van der Waals surface area (Å²) in [6.45, 7) is -0.0456. The number of nitrogens with two attached hydrogens (primary N) is 1. The standard InChI is InChI=1S/C18H15FN4O3/c19-12-7-5-11(6-8-12)10-23-17(25)13(16(24)22-18(23)26)9-21-15-4-2-1-3-14(15)20/h1-9,25H,10,20H2,(H,22,24,26). The van der Waals surface area contributed by atoms with Crippen LogP contribution in [0.15, 0.2) is 63.1 Å². The van der Waals surface area contributed by atoms with Gasteiger partial charge in [0.1, 0.15) is 11.4 Å². The lowest BCUT2D eigenvalue weighted by Gasteiger charge is -2.09. The van der Waals surface area contributed by atoms with Crippen molar-refractivity contribution < 1.29 is 9.50 Å². The summed E-state index contributed by atoms with van der Waals surface area (Å²) in [5.74, 6) is -0.957. The smallest absolute Gasteiger partial charge is 0.331 e. The molecule has 8 heteroatoms. The van der Waals surface area contributed by atoms with Crippen molar-refractivity contribution in [3.05, 3.63) is 86.3 Å². The van der Waals surface area contributed by atoms with Crippen LogP contribution >= 0.6 is 0 Å². The number of hydrogen-bond acceptors (Lipinski definition) is 5. The second-order valence-corrected chi connectivity index (χ2v) is 5.53. The van der Waals surface area contributed by atoms with Crippen molar-refractivity contribution in [3.8, 4) is 5.88 Å². The quantitative estimate of drug-likeness (QED) is 0.489. The highest BCUT2D eigenvalue weighted by Gasteiger charge is 2.13. The average molecular weight is 354 g/mol. The summed E-state index contributed by atoms with van der Waals surface area (Å²) in [5, 5.41) is 10.4. The summed E-state index contributed by atoms with van der Waals surface area (Å²) in [6, 6.07) is 12.2. The van der Waals surface area contributed by atoms with E-state index in [1.807, 2.05) is 0 Å². The van der Waals surface area contributed by atoms with E-state index >= 15 is 0 Å². The number of aromatic hydroxyl groups is 1. The highest BCUT2D eigenvalue weighted by molar-refractivity contribution is 5.85. The number of benzene rings is 2. The van der Waals surface area contributed by atoms with E-state index in [1.54, 1.807) is 24.3 Å². The van der Waals surface area contributed by atoms with Crippen molar-refractivity contribution in [1.82, 2.24) is 9.55 Å². The SMILES string of the molecule is Nc1ccccc1N=Cc1c(O)n(Cc2ccc(F)cc2)c(=O)[nH]c1=O. The predicted molar refractivity (Wildman–Crippen MR) is 96.6 cm³/mol. The number of nitrogens with zero attached hydrogens (tertiary/aromatic N) is 2. The van der Waals surface area contributed by atoms with Gasteiger partial charge in [0.25, 0.3) is 5.56 Å². The maximum absolute atomic E-state index is 13.0. The van der Waals surface area contributed by atoms with Crippen molar-refractivity contribution in [2.45, 2.75) is 6.54 Å². The largest absolute Gasteiger partial charge is 0.494 e. The Hall–Kier alpha value is -3.68. The number of aromatic amines is 1. The second-order valence-electron chi connectivity index (χ2n) is 5.53. The Morgan fingerprint density at radius 3 is 2.54 bits per heavy atom. The fraction of sp³-hybridized carbons (Fsp3) is 0.0556. The number of anilines is 1. The molecule has 3 aromatic rings. The van der Waals surface area contributed by atoms with E-state index in [2.05, 4.69) is 9.98 Å². The van der Waals surface area contributed by atoms with Gasteiger partial charge in [0.05, 0.1) is 17.9 Å². The Labute approximate surface area is 146 Å². The van der Waals surface area contributed by atoms with Gasteiger partial charge in [0.2, 0.25) is 5.88 Å². The molecule has 3 rings (SSSR count). The van der Waals surface area contributed by atoms with E-state index in [4.69, 9.17) is 5.73 Å². The minimum absolute atomic E-state index is 0.0456. The zero-order valence-electron chi connectivity index (χ0n) is 13.5. The van der Waals surface area contributed by atoms with Gasteiger partial charge < -0.3 is 10.8 Å². The summed E-state index contributed by atoms with van der Waals surface area (Å²) in [7, 11) is 0. The molecule has 0 aliphatic rings. The molecule has 132 valence electrons. The third-order valence-electron chi connectivity index (χ3n) is 3.73. The number of nitrogen functional groups attached to an aromatic ring is 1. The molecular weight excluding hydrogens is 339 g/mol. The first kappa shape index (κ1) is 17.2. The molecule has 0 aliphatic carbocycles. The first-order chi connectivity index (χ1) is 12.5. The van der Waals surface area contributed by atoms with Gasteiger partial charge >= 0.3 is 5.69 Å². The first-order valence-electron chi connectivity index (χ1n) is 7.65. The van der Waals surface area contributed by atoms with Crippen LogP contribution < -0.4 is 17.0 Å². The van der Waals surface area contributed by atoms with Crippen molar-refractivity contribution in [3.63, 3.8) is 0 Å². The molecule has 0 saturated heterocycles. The Balaban J connectivity index is 2.01. The Bertz CT molecular complexity index is 1080. The molecule has 0 unspecified atom stereocenters. The van der Waals surface area contributed by atoms with Crippen LogP contribution in [0.3, 0.4) is 0 Å². The van der Waals surface area contributed by atoms with Gasteiger partial charge in [0.15, 0.2) is 0 Å². The van der Waals surface area contributed by atoms with Crippen LogP contribution in [-0.2, 0) is 6.54 Å². The first-order valence-corrected chi connectivity index (χ1v) is 7.65. The number of halogens is 1. The van der Waals surface area contributed by atoms with E-state index < -0.39 is 22.9 Å². The molecule has 1 heterocycles. The molecule has 4 N–H and O–H groups in total. The molecule has 0 fully saturated rings. The van der Waals surface area contributed by atoms with E-state index in [-0.39, 0.29) is 12.1 Å². The number of rotatable bonds is 4. The lowest BCUT2D eigenvalue weighted by Crippen LogP contribution is -2.32. The molecule has 1 aromatic heterocycles. The van der Waals surface area contributed by atoms with Crippen LogP contribution in [0.5, 0.6) is 5.88 Å². The predicted octanol–water partition coefficient (Wildman–Crippen LogP) is 1.76. The van der Waals surface area contributed by atoms with E-state index in [1.165, 1.54) is 24.3 Å². The molecule has 2 aromatic carbocycles. The van der Waals surface area contributed by atoms with Crippen LogP contribution in [0, 0.1) is 5.82 Å². The average Bonchev–Trinajstić information content (AvgIpc) is 2.61. The van der Waals surface area contributed by atoms with E-state index in [9.17, 15) is 19.1 Å². The number of nitrogens with one attached hydrogen (secondary N) is 1. The Morgan fingerprint density at radius 1 is 1.15 bits per heavy atom. The minimum atomic E-state index is -0.784. The van der Waals surface area contributed by atoms with Crippen LogP contribution in [0.2, 0.25) is 0 Å². The van der Waals surface area contributed by atoms with Gasteiger partial charge in [-0.05, 0) is 29.8 Å². The zero-order valence-corrected chi connectivity index (χ0v) is 13.5. The Kier molecular flexibility index (Phi) is 4.66. The third-order valence-corrected chi connectivity index (χ3v) is 3.73. The van der Waals surface area contributed by atoms with Crippen LogP contribution in [0.1, 0.15) is 11.1 Å². The van der Waals surface area contributed by atoms with Gasteiger partial charge in [-0.2, -0.15) is 0 Å². The van der Waals surface area contributed by atoms with Gasteiger partial charge in [-0.25, -0.2) is 9.18 Å². The van der Waals surface area contributed by atoms with Crippen molar-refractivity contribution in [2.24, 2.45) is 4.99 Å². The molecule has 0 amide bonds. The number of para-hydroxylation sites is 2. The van der Waals surface area contributed by atoms with Crippen molar-refractivity contribution in [1.29, 1.82) is 0 Å². The molecule has 7 nitrogen and oxygen atoms in total. The molecule has 0 saturated carbocycles. The zero-order chi connectivity index (χ0) is 18.7. The normalized spacial score (nSPS) is 11.1. The lowest BCUT2D eigenvalue weighted by molar-refractivity contribution is 0.408. The lowest BCUT2D eigenvalue weighted by atomic mass is 10.2. The minimum Gasteiger partial charge on any atom is -0.494 e. The van der Waals surface area contributed by atoms with Crippen molar-refractivity contribution >= 4 is 17.6 Å². The summed E-state index contributed by atoms with van der Waals surface area (Å²) >= 11 is 0. The molecule has 0 aliphatic heterocycles. The molecule has 26 heavy (non-hydrogen) atoms. The molecule has 0 atom stereocenters. The fourth-order valence-electron chi connectivity index (χ4n) is 2.35. The number of hydrogen-bond donors (Lipinski definition) is 3. The maximum Gasteiger partial charge on any atom is 0.331 e. The fourth-order valence-corrected chi connectivity index (χ4v) is 2.35. The van der Waals surface area contributed by atoms with Gasteiger partial charge in [0, 0.05) is 6.21 Å². The number of H-pyrrole nitrogens is 1. The second kappa shape index (κ2) is 7.06. The van der Waals surface area contributed by atoms with E-state index in [0.29, 0.717) is 16.9 Å². The molecular formula is C18H15FN4O3. The highest BCUT2D eigenvalue weighted by Crippen LogP contribution is 2.21. The maximum atomic E-state index is 13.0.